The minimum atomic E-state index is 0.495. The highest BCUT2D eigenvalue weighted by molar-refractivity contribution is 6.33. The molecule has 0 spiro atoms. The number of pyridine rings is 1. The maximum atomic E-state index is 9.20. The molecular formula is C28H28ClN3O. The molecule has 0 saturated heterocycles. The quantitative estimate of drug-likeness (QED) is 0.294. The monoisotopic (exact) mass is 457 g/mol. The number of benzene rings is 1. The molecule has 0 atom stereocenters. The number of ether oxygens (including phenoxy) is 1. The maximum absolute atomic E-state index is 9.20. The molecule has 33 heavy (non-hydrogen) atoms. The van der Waals surface area contributed by atoms with Crippen molar-refractivity contribution in [2.24, 2.45) is 4.99 Å². The highest BCUT2D eigenvalue weighted by Gasteiger charge is 2.24. The van der Waals surface area contributed by atoms with E-state index in [2.05, 4.69) is 49.3 Å². The summed E-state index contributed by atoms with van der Waals surface area (Å²) in [6.07, 6.45) is 8.61. The molecule has 3 rings (SSSR count). The van der Waals surface area contributed by atoms with Crippen LogP contribution < -0.4 is 4.74 Å². The van der Waals surface area contributed by atoms with Crippen molar-refractivity contribution < 1.29 is 4.74 Å². The molecule has 1 heterocycles. The van der Waals surface area contributed by atoms with Gasteiger partial charge in [-0.2, -0.15) is 5.26 Å². The van der Waals surface area contributed by atoms with Crippen LogP contribution in [-0.4, -0.2) is 11.7 Å². The number of allylic oxidation sites excluding steroid dienone is 6. The van der Waals surface area contributed by atoms with Crippen molar-refractivity contribution in [3.63, 3.8) is 0 Å². The van der Waals surface area contributed by atoms with Gasteiger partial charge < -0.3 is 4.74 Å². The molecule has 0 N–H and O–H groups in total. The summed E-state index contributed by atoms with van der Waals surface area (Å²) >= 11 is 6.80. The molecule has 5 heteroatoms. The predicted molar refractivity (Wildman–Crippen MR) is 135 cm³/mol. The number of hydrogen-bond acceptors (Lipinski definition) is 4. The van der Waals surface area contributed by atoms with E-state index in [0.717, 1.165) is 41.0 Å². The van der Waals surface area contributed by atoms with Gasteiger partial charge in [0.05, 0.1) is 24.4 Å². The van der Waals surface area contributed by atoms with Crippen LogP contribution in [0.4, 0.5) is 0 Å². The van der Waals surface area contributed by atoms with Crippen LogP contribution in [-0.2, 0) is 13.0 Å². The maximum Gasteiger partial charge on any atom is 0.145 e. The van der Waals surface area contributed by atoms with E-state index in [9.17, 15) is 5.26 Å². The summed E-state index contributed by atoms with van der Waals surface area (Å²) in [4.78, 5) is 8.08. The standard InChI is InChI=1S/C28H28ClN3O/c1-5-24-14-25(10-9-20(3)33-26-13-23(16-31-4)17-32-18-26)27(28(24)29)19(2)11-21-7-6-8-22(12-21)15-30/h6-8,10,12-13,17-18H,3-5,9,11,14,16H2,1-2H3. The molecule has 168 valence electrons. The van der Waals surface area contributed by atoms with Gasteiger partial charge in [-0.1, -0.05) is 48.9 Å². The van der Waals surface area contributed by atoms with Crippen LogP contribution in [0.3, 0.4) is 0 Å². The Labute approximate surface area is 201 Å². The van der Waals surface area contributed by atoms with Crippen LogP contribution in [0.2, 0.25) is 0 Å². The summed E-state index contributed by atoms with van der Waals surface area (Å²) in [6, 6.07) is 11.8. The molecule has 1 aliphatic rings. The van der Waals surface area contributed by atoms with Gasteiger partial charge in [0.15, 0.2) is 0 Å². The Kier molecular flexibility index (Phi) is 8.40. The SMILES string of the molecule is C=NCc1cncc(OC(=C)CC=C2CC(CC)=C(Cl)C2=C(C)Cc2cccc(C#N)c2)c1. The Hall–Kier alpha value is -3.42. The van der Waals surface area contributed by atoms with Crippen molar-refractivity contribution in [2.75, 3.05) is 0 Å². The summed E-state index contributed by atoms with van der Waals surface area (Å²) in [5.74, 6) is 1.27. The highest BCUT2D eigenvalue weighted by Crippen LogP contribution is 2.42. The number of aliphatic imine (C=N–C) groups is 1. The van der Waals surface area contributed by atoms with E-state index in [4.69, 9.17) is 16.3 Å². The van der Waals surface area contributed by atoms with Gasteiger partial charge in [-0.3, -0.25) is 9.98 Å². The van der Waals surface area contributed by atoms with Gasteiger partial charge in [-0.15, -0.1) is 0 Å². The summed E-state index contributed by atoms with van der Waals surface area (Å²) in [7, 11) is 0. The Bertz CT molecular complexity index is 1200. The van der Waals surface area contributed by atoms with Crippen LogP contribution in [0.1, 0.15) is 49.8 Å². The lowest BCUT2D eigenvalue weighted by atomic mass is 9.96. The van der Waals surface area contributed by atoms with E-state index < -0.39 is 0 Å². The van der Waals surface area contributed by atoms with Crippen molar-refractivity contribution in [3.05, 3.63) is 105 Å². The molecule has 1 aromatic carbocycles. The first-order valence-electron chi connectivity index (χ1n) is 10.9. The second-order valence-electron chi connectivity index (χ2n) is 8.08. The van der Waals surface area contributed by atoms with E-state index >= 15 is 0 Å². The summed E-state index contributed by atoms with van der Waals surface area (Å²) in [5.41, 5.74) is 7.42. The van der Waals surface area contributed by atoms with Crippen LogP contribution >= 0.6 is 11.6 Å². The van der Waals surface area contributed by atoms with E-state index in [0.29, 0.717) is 30.0 Å². The smallest absolute Gasteiger partial charge is 0.145 e. The molecule has 0 fully saturated rings. The predicted octanol–water partition coefficient (Wildman–Crippen LogP) is 7.23. The number of halogens is 1. The van der Waals surface area contributed by atoms with E-state index in [1.165, 1.54) is 16.7 Å². The van der Waals surface area contributed by atoms with Crippen LogP contribution in [0, 0.1) is 11.3 Å². The first kappa shape index (κ1) is 24.2. The molecule has 4 nitrogen and oxygen atoms in total. The molecule has 0 bridgehead atoms. The molecule has 0 saturated carbocycles. The molecule has 1 aromatic heterocycles. The van der Waals surface area contributed by atoms with Crippen molar-refractivity contribution in [1.82, 2.24) is 4.98 Å². The number of aromatic nitrogens is 1. The zero-order valence-corrected chi connectivity index (χ0v) is 20.0. The highest BCUT2D eigenvalue weighted by atomic mass is 35.5. The Morgan fingerprint density at radius 2 is 2.12 bits per heavy atom. The van der Waals surface area contributed by atoms with Gasteiger partial charge in [0.2, 0.25) is 0 Å². The van der Waals surface area contributed by atoms with Crippen molar-refractivity contribution in [1.29, 1.82) is 5.26 Å². The van der Waals surface area contributed by atoms with Gasteiger partial charge in [0, 0.05) is 17.6 Å². The van der Waals surface area contributed by atoms with E-state index in [1.54, 1.807) is 12.4 Å². The molecular weight excluding hydrogens is 430 g/mol. The number of nitriles is 1. The third-order valence-electron chi connectivity index (χ3n) is 5.54. The molecule has 0 radical (unpaired) electrons. The lowest BCUT2D eigenvalue weighted by molar-refractivity contribution is 0.416. The van der Waals surface area contributed by atoms with Gasteiger partial charge in [0.25, 0.3) is 0 Å². The van der Waals surface area contributed by atoms with Gasteiger partial charge in [-0.05, 0) is 78.9 Å². The summed E-state index contributed by atoms with van der Waals surface area (Å²) in [6.45, 7) is 12.3. The fraction of sp³-hybridized carbons (Fsp3) is 0.250. The van der Waals surface area contributed by atoms with Crippen LogP contribution in [0.15, 0.2) is 93.5 Å². The van der Waals surface area contributed by atoms with E-state index in [1.807, 2.05) is 30.3 Å². The van der Waals surface area contributed by atoms with Crippen molar-refractivity contribution in [3.8, 4) is 11.8 Å². The Balaban J connectivity index is 1.79. The third-order valence-corrected chi connectivity index (χ3v) is 5.99. The topological polar surface area (TPSA) is 58.3 Å². The molecule has 0 unspecified atom stereocenters. The Morgan fingerprint density at radius 3 is 2.85 bits per heavy atom. The number of nitrogens with zero attached hydrogens (tertiary/aromatic N) is 3. The lowest BCUT2D eigenvalue weighted by Crippen LogP contribution is -1.97. The largest absolute Gasteiger partial charge is 0.460 e. The van der Waals surface area contributed by atoms with Gasteiger partial charge in [-0.25, -0.2) is 0 Å². The van der Waals surface area contributed by atoms with Gasteiger partial charge in [0.1, 0.15) is 11.5 Å². The second-order valence-corrected chi connectivity index (χ2v) is 8.45. The number of rotatable bonds is 9. The summed E-state index contributed by atoms with van der Waals surface area (Å²) in [5, 5.41) is 10.0. The van der Waals surface area contributed by atoms with E-state index in [-0.39, 0.29) is 0 Å². The van der Waals surface area contributed by atoms with Crippen molar-refractivity contribution >= 4 is 18.3 Å². The number of hydrogen-bond donors (Lipinski definition) is 0. The molecule has 0 amide bonds. The third kappa shape index (κ3) is 6.31. The summed E-state index contributed by atoms with van der Waals surface area (Å²) < 4.78 is 5.90. The van der Waals surface area contributed by atoms with Crippen LogP contribution in [0.25, 0.3) is 0 Å². The van der Waals surface area contributed by atoms with Gasteiger partial charge >= 0.3 is 0 Å². The molecule has 2 aromatic rings. The first-order chi connectivity index (χ1) is 15.9. The first-order valence-corrected chi connectivity index (χ1v) is 11.3. The normalized spacial score (nSPS) is 16.0. The Morgan fingerprint density at radius 1 is 1.30 bits per heavy atom. The zero-order chi connectivity index (χ0) is 23.8. The van der Waals surface area contributed by atoms with Crippen LogP contribution in [0.5, 0.6) is 5.75 Å². The average Bonchev–Trinajstić information content (AvgIpc) is 3.13. The average molecular weight is 458 g/mol. The fourth-order valence-electron chi connectivity index (χ4n) is 3.96. The van der Waals surface area contributed by atoms with Crippen molar-refractivity contribution in [2.45, 2.75) is 46.1 Å². The lowest BCUT2D eigenvalue weighted by Gasteiger charge is -2.12. The minimum Gasteiger partial charge on any atom is -0.460 e. The zero-order valence-electron chi connectivity index (χ0n) is 19.2. The molecule has 0 aliphatic heterocycles. The molecule has 1 aliphatic carbocycles. The minimum absolute atomic E-state index is 0.495. The second kappa shape index (κ2) is 11.4. The fourth-order valence-corrected chi connectivity index (χ4v) is 4.44.